The SMILES string of the molecule is CCCCCCCCCCCCc1c(Br)sc2c1[Si](c1ccccc1)(c1ccccc1)c1c-2sc(Br)c1CCCCCCCCCCCC. The molecular formula is C44H60Br2S2Si. The van der Waals surface area contributed by atoms with Gasteiger partial charge >= 0.3 is 0 Å². The Balaban J connectivity index is 1.38. The lowest BCUT2D eigenvalue weighted by Crippen LogP contribution is -2.73. The summed E-state index contributed by atoms with van der Waals surface area (Å²) in [7, 11) is -2.51. The summed E-state index contributed by atoms with van der Waals surface area (Å²) < 4.78 is 2.76. The molecule has 0 bridgehead atoms. The highest BCUT2D eigenvalue weighted by Gasteiger charge is 2.54. The van der Waals surface area contributed by atoms with E-state index >= 15 is 0 Å². The minimum atomic E-state index is -2.51. The molecule has 1 aliphatic heterocycles. The lowest BCUT2D eigenvalue weighted by Gasteiger charge is -2.32. The summed E-state index contributed by atoms with van der Waals surface area (Å²) in [6, 6.07) is 23.4. The van der Waals surface area contributed by atoms with Gasteiger partial charge in [-0.2, -0.15) is 0 Å². The van der Waals surface area contributed by atoms with E-state index in [0.29, 0.717) is 0 Å². The molecule has 1 aliphatic rings. The molecular weight excluding hydrogens is 781 g/mol. The molecule has 3 heterocycles. The van der Waals surface area contributed by atoms with Crippen molar-refractivity contribution in [2.75, 3.05) is 0 Å². The van der Waals surface area contributed by atoms with E-state index in [1.807, 2.05) is 22.7 Å². The van der Waals surface area contributed by atoms with Crippen LogP contribution in [-0.2, 0) is 12.8 Å². The minimum Gasteiger partial charge on any atom is -0.127 e. The summed E-state index contributed by atoms with van der Waals surface area (Å²) in [5.41, 5.74) is 3.23. The fourth-order valence-electron chi connectivity index (χ4n) is 8.26. The van der Waals surface area contributed by atoms with Crippen molar-refractivity contribution in [2.45, 2.75) is 155 Å². The van der Waals surface area contributed by atoms with Gasteiger partial charge in [0.1, 0.15) is 0 Å². The predicted molar refractivity (Wildman–Crippen MR) is 231 cm³/mol. The number of halogens is 2. The number of fused-ring (bicyclic) bond motifs is 3. The molecule has 49 heavy (non-hydrogen) atoms. The molecule has 0 fully saturated rings. The van der Waals surface area contributed by atoms with Crippen LogP contribution in [0.1, 0.15) is 153 Å². The number of hydrogen-bond acceptors (Lipinski definition) is 2. The van der Waals surface area contributed by atoms with Gasteiger partial charge in [0.2, 0.25) is 0 Å². The zero-order valence-electron chi connectivity index (χ0n) is 30.4. The average Bonchev–Trinajstić information content (AvgIpc) is 3.72. The van der Waals surface area contributed by atoms with Gasteiger partial charge in [0.25, 0.3) is 0 Å². The fourth-order valence-corrected chi connectivity index (χ4v) is 19.5. The van der Waals surface area contributed by atoms with Crippen molar-refractivity contribution < 1.29 is 0 Å². The van der Waals surface area contributed by atoms with Crippen LogP contribution in [0.15, 0.2) is 68.2 Å². The molecule has 5 rings (SSSR count). The highest BCUT2D eigenvalue weighted by molar-refractivity contribution is 9.11. The topological polar surface area (TPSA) is 0 Å². The summed E-state index contributed by atoms with van der Waals surface area (Å²) in [6.45, 7) is 4.62. The first-order valence-corrected chi connectivity index (χ1v) is 25.1. The Morgan fingerprint density at radius 1 is 0.429 bits per heavy atom. The van der Waals surface area contributed by atoms with Gasteiger partial charge in [-0.05, 0) is 89.4 Å². The Bertz CT molecular complexity index is 1410. The molecule has 0 amide bonds. The third kappa shape index (κ3) is 9.72. The van der Waals surface area contributed by atoms with Crippen molar-refractivity contribution in [3.8, 4) is 9.75 Å². The van der Waals surface area contributed by atoms with E-state index in [-0.39, 0.29) is 0 Å². The normalized spacial score (nSPS) is 13.2. The van der Waals surface area contributed by atoms with E-state index in [1.165, 1.54) is 149 Å². The molecule has 266 valence electrons. The number of benzene rings is 2. The van der Waals surface area contributed by atoms with E-state index in [9.17, 15) is 0 Å². The smallest absolute Gasteiger partial charge is 0.127 e. The van der Waals surface area contributed by atoms with E-state index in [1.54, 1.807) is 41.6 Å². The summed E-state index contributed by atoms with van der Waals surface area (Å²) in [4.78, 5) is 3.12. The lowest BCUT2D eigenvalue weighted by atomic mass is 10.0. The molecule has 0 saturated heterocycles. The van der Waals surface area contributed by atoms with Gasteiger partial charge in [0.05, 0.1) is 7.57 Å². The average molecular weight is 841 g/mol. The van der Waals surface area contributed by atoms with Crippen LogP contribution in [0.5, 0.6) is 0 Å². The van der Waals surface area contributed by atoms with Crippen LogP contribution >= 0.6 is 54.5 Å². The van der Waals surface area contributed by atoms with Gasteiger partial charge in [0, 0.05) is 9.75 Å². The molecule has 4 aromatic rings. The second-order valence-electron chi connectivity index (χ2n) is 14.5. The second kappa shape index (κ2) is 20.9. The molecule has 5 heteroatoms. The summed E-state index contributed by atoms with van der Waals surface area (Å²) in [5.74, 6) is 0. The third-order valence-corrected chi connectivity index (χ3v) is 20.3. The molecule has 0 N–H and O–H groups in total. The van der Waals surface area contributed by atoms with Crippen LogP contribution in [0.3, 0.4) is 0 Å². The Morgan fingerprint density at radius 2 is 0.735 bits per heavy atom. The first kappa shape index (κ1) is 39.2. The van der Waals surface area contributed by atoms with Crippen LogP contribution in [0.4, 0.5) is 0 Å². The van der Waals surface area contributed by atoms with E-state index in [2.05, 4.69) is 106 Å². The maximum Gasteiger partial charge on any atom is 0.183 e. The summed E-state index contributed by atoms with van der Waals surface area (Å²) in [6.07, 6.45) is 30.0. The van der Waals surface area contributed by atoms with Gasteiger partial charge in [-0.15, -0.1) is 22.7 Å². The lowest BCUT2D eigenvalue weighted by molar-refractivity contribution is 0.556. The first-order chi connectivity index (χ1) is 24.1. The maximum absolute atomic E-state index is 4.16. The maximum atomic E-state index is 4.16. The number of rotatable bonds is 24. The number of hydrogen-bond donors (Lipinski definition) is 0. The molecule has 2 aromatic heterocycles. The van der Waals surface area contributed by atoms with E-state index in [4.69, 9.17) is 0 Å². The zero-order valence-corrected chi connectivity index (χ0v) is 36.2. The van der Waals surface area contributed by atoms with Crippen molar-refractivity contribution in [2.24, 2.45) is 0 Å². The Labute approximate surface area is 325 Å². The molecule has 0 spiro atoms. The van der Waals surface area contributed by atoms with Crippen LogP contribution in [0.2, 0.25) is 0 Å². The largest absolute Gasteiger partial charge is 0.183 e. The first-order valence-electron chi connectivity index (χ1n) is 19.9. The standard InChI is InChI=1S/C44H60Br2S2Si/c1-3-5-7-9-11-13-15-17-19-27-33-37-41-39(47-43(37)45)40-42(49(41,35-29-23-21-24-30-35)36-31-25-22-26-32-36)38(44(46)48-40)34-28-20-18-16-14-12-10-8-6-4-2/h21-26,29-32H,3-20,27-28,33-34H2,1-2H3. The Kier molecular flexibility index (Phi) is 16.7. The number of unbranched alkanes of at least 4 members (excludes halogenated alkanes) is 18. The van der Waals surface area contributed by atoms with Gasteiger partial charge in [0.15, 0.2) is 8.07 Å². The molecule has 0 radical (unpaired) electrons. The Hall–Kier alpha value is -0.983. The van der Waals surface area contributed by atoms with Crippen molar-refractivity contribution >= 4 is 83.4 Å². The fraction of sp³-hybridized carbons (Fsp3) is 0.545. The highest BCUT2D eigenvalue weighted by atomic mass is 79.9. The summed E-state index contributed by atoms with van der Waals surface area (Å²) in [5, 5.41) is 6.50. The third-order valence-electron chi connectivity index (χ3n) is 10.8. The van der Waals surface area contributed by atoms with Gasteiger partial charge in [-0.3, -0.25) is 0 Å². The van der Waals surface area contributed by atoms with Crippen LogP contribution in [0, 0.1) is 0 Å². The van der Waals surface area contributed by atoms with E-state index in [0.717, 1.165) is 0 Å². The van der Waals surface area contributed by atoms with Crippen molar-refractivity contribution in [1.29, 1.82) is 0 Å². The molecule has 0 nitrogen and oxygen atoms in total. The monoisotopic (exact) mass is 838 g/mol. The number of thiophene rings is 2. The molecule has 2 aromatic carbocycles. The summed E-state index contributed by atoms with van der Waals surface area (Å²) >= 11 is 12.4. The highest BCUT2D eigenvalue weighted by Crippen LogP contribution is 2.46. The second-order valence-corrected chi connectivity index (χ2v) is 22.8. The molecule has 0 saturated carbocycles. The van der Waals surface area contributed by atoms with Crippen molar-refractivity contribution in [1.82, 2.24) is 0 Å². The van der Waals surface area contributed by atoms with Crippen LogP contribution in [0.25, 0.3) is 9.75 Å². The van der Waals surface area contributed by atoms with Gasteiger partial charge in [-0.25, -0.2) is 0 Å². The molecule has 0 unspecified atom stereocenters. The quantitative estimate of drug-likeness (QED) is 0.0429. The van der Waals surface area contributed by atoms with Crippen LogP contribution < -0.4 is 20.7 Å². The van der Waals surface area contributed by atoms with Crippen molar-refractivity contribution in [3.05, 3.63) is 79.4 Å². The van der Waals surface area contributed by atoms with Crippen molar-refractivity contribution in [3.63, 3.8) is 0 Å². The predicted octanol–water partition coefficient (Wildman–Crippen LogP) is 13.6. The molecule has 0 aliphatic carbocycles. The van der Waals surface area contributed by atoms with Crippen LogP contribution in [-0.4, -0.2) is 8.07 Å². The van der Waals surface area contributed by atoms with Gasteiger partial charge < -0.3 is 0 Å². The minimum absolute atomic E-state index is 1.18. The zero-order chi connectivity index (χ0) is 34.3. The molecule has 0 atom stereocenters. The van der Waals surface area contributed by atoms with Gasteiger partial charge in [-0.1, -0.05) is 190 Å². The Morgan fingerprint density at radius 3 is 1.06 bits per heavy atom. The van der Waals surface area contributed by atoms with E-state index < -0.39 is 8.07 Å².